The summed E-state index contributed by atoms with van der Waals surface area (Å²) in [7, 11) is 1.77. The lowest BCUT2D eigenvalue weighted by Gasteiger charge is -2.23. The number of nitrogens with one attached hydrogen (secondary N) is 1. The van der Waals surface area contributed by atoms with E-state index in [4.69, 9.17) is 10.8 Å². The molecule has 7 nitrogen and oxygen atoms in total. The normalized spacial score (nSPS) is 24.0. The Morgan fingerprint density at radius 3 is 2.84 bits per heavy atom. The summed E-state index contributed by atoms with van der Waals surface area (Å²) in [5, 5.41) is 15.0. The predicted molar refractivity (Wildman–Crippen MR) is 68.9 cm³/mol. The average Bonchev–Trinajstić information content (AvgIpc) is 2.57. The van der Waals surface area contributed by atoms with Gasteiger partial charge >= 0.3 is 6.09 Å². The largest absolute Gasteiger partial charge is 0.465 e. The van der Waals surface area contributed by atoms with Crippen LogP contribution < -0.4 is 16.0 Å². The Morgan fingerprint density at radius 1 is 1.58 bits per heavy atom. The first kappa shape index (κ1) is 13.4. The van der Waals surface area contributed by atoms with Gasteiger partial charge in [0.05, 0.1) is 17.9 Å². The molecule has 0 aromatic carbocycles. The number of carbonyl (C=O) groups is 1. The second kappa shape index (κ2) is 5.33. The number of anilines is 2. The number of aryl methyl sites for hydroxylation is 1. The van der Waals surface area contributed by atoms with Crippen LogP contribution in [-0.2, 0) is 7.05 Å². The maximum absolute atomic E-state index is 13.9. The minimum Gasteiger partial charge on any atom is -0.465 e. The first-order chi connectivity index (χ1) is 8.99. The van der Waals surface area contributed by atoms with Crippen LogP contribution in [0.3, 0.4) is 0 Å². The molecule has 2 atom stereocenters. The molecule has 0 bridgehead atoms. The van der Waals surface area contributed by atoms with Crippen molar-refractivity contribution in [2.75, 3.05) is 23.7 Å². The van der Waals surface area contributed by atoms with E-state index in [2.05, 4.69) is 10.4 Å². The molecular formula is C11H18FN5O2. The fraction of sp³-hybridized carbons (Fsp3) is 0.636. The third-order valence-electron chi connectivity index (χ3n) is 3.36. The minimum atomic E-state index is -1.19. The Labute approximate surface area is 110 Å². The maximum Gasteiger partial charge on any atom is 0.404 e. The molecule has 1 aliphatic heterocycles. The molecule has 1 fully saturated rings. The molecule has 0 radical (unpaired) electrons. The number of hydrogen-bond donors (Lipinski definition) is 3. The number of aromatic nitrogens is 2. The average molecular weight is 271 g/mol. The van der Waals surface area contributed by atoms with Gasteiger partial charge < -0.3 is 21.1 Å². The molecule has 0 saturated carbocycles. The highest BCUT2D eigenvalue weighted by Crippen LogP contribution is 2.25. The van der Waals surface area contributed by atoms with Crippen molar-refractivity contribution in [2.45, 2.75) is 25.1 Å². The van der Waals surface area contributed by atoms with Crippen LogP contribution >= 0.6 is 0 Å². The second-order valence-electron chi connectivity index (χ2n) is 4.68. The number of nitrogens with zero attached hydrogens (tertiary/aromatic N) is 3. The van der Waals surface area contributed by atoms with Crippen LogP contribution in [-0.4, -0.2) is 46.3 Å². The first-order valence-electron chi connectivity index (χ1n) is 6.15. The Bertz CT molecular complexity index is 444. The lowest BCUT2D eigenvalue weighted by atomic mass is 10.1. The molecule has 2 rings (SSSR count). The summed E-state index contributed by atoms with van der Waals surface area (Å²) < 4.78 is 15.5. The molecule has 1 saturated heterocycles. The van der Waals surface area contributed by atoms with Gasteiger partial charge in [-0.05, 0) is 12.8 Å². The van der Waals surface area contributed by atoms with E-state index in [1.807, 2.05) is 4.90 Å². The maximum atomic E-state index is 13.9. The van der Waals surface area contributed by atoms with E-state index in [9.17, 15) is 9.18 Å². The fourth-order valence-electron chi connectivity index (χ4n) is 2.44. The monoisotopic (exact) mass is 271 g/mol. The highest BCUT2D eigenvalue weighted by molar-refractivity contribution is 5.65. The van der Waals surface area contributed by atoms with Crippen molar-refractivity contribution < 1.29 is 14.3 Å². The molecule has 2 unspecified atom stereocenters. The van der Waals surface area contributed by atoms with E-state index in [1.54, 1.807) is 17.9 Å². The summed E-state index contributed by atoms with van der Waals surface area (Å²) in [6.07, 6.45) is -0.162. The topological polar surface area (TPSA) is 96.4 Å². The van der Waals surface area contributed by atoms with Crippen molar-refractivity contribution >= 4 is 17.6 Å². The van der Waals surface area contributed by atoms with Crippen LogP contribution in [0.4, 0.5) is 20.7 Å². The number of nitrogen functional groups attached to an aromatic ring is 1. The van der Waals surface area contributed by atoms with Gasteiger partial charge in [-0.1, -0.05) is 0 Å². The summed E-state index contributed by atoms with van der Waals surface area (Å²) in [4.78, 5) is 12.6. The molecule has 0 spiro atoms. The molecular weight excluding hydrogens is 253 g/mol. The molecule has 1 aromatic rings. The molecule has 106 valence electrons. The van der Waals surface area contributed by atoms with Crippen LogP contribution in [0.25, 0.3) is 0 Å². The number of amides is 1. The number of carboxylic acid groups (broad SMARTS) is 1. The van der Waals surface area contributed by atoms with Gasteiger partial charge in [-0.25, -0.2) is 9.18 Å². The van der Waals surface area contributed by atoms with Crippen molar-refractivity contribution in [3.05, 3.63) is 6.20 Å². The van der Waals surface area contributed by atoms with Crippen molar-refractivity contribution in [3.8, 4) is 0 Å². The van der Waals surface area contributed by atoms with Gasteiger partial charge in [-0.3, -0.25) is 4.68 Å². The predicted octanol–water partition coefficient (Wildman–Crippen LogP) is 0.577. The molecule has 2 heterocycles. The molecule has 8 heteroatoms. The van der Waals surface area contributed by atoms with E-state index in [0.717, 1.165) is 5.82 Å². The van der Waals surface area contributed by atoms with Crippen LogP contribution in [0.5, 0.6) is 0 Å². The Morgan fingerprint density at radius 2 is 2.26 bits per heavy atom. The molecule has 4 N–H and O–H groups in total. The van der Waals surface area contributed by atoms with Crippen LogP contribution in [0.15, 0.2) is 6.20 Å². The SMILES string of the molecule is Cn1ncc(N)c1N1CCC(F)C(NC(=O)O)CC1. The summed E-state index contributed by atoms with van der Waals surface area (Å²) in [6.45, 7) is 1.03. The number of rotatable bonds is 2. The highest BCUT2D eigenvalue weighted by atomic mass is 19.1. The smallest absolute Gasteiger partial charge is 0.404 e. The Kier molecular flexibility index (Phi) is 3.77. The third-order valence-corrected chi connectivity index (χ3v) is 3.36. The van der Waals surface area contributed by atoms with Gasteiger partial charge in [-0.15, -0.1) is 0 Å². The zero-order valence-electron chi connectivity index (χ0n) is 10.7. The minimum absolute atomic E-state index is 0.259. The van der Waals surface area contributed by atoms with Gasteiger partial charge in [0, 0.05) is 20.1 Å². The molecule has 19 heavy (non-hydrogen) atoms. The zero-order valence-corrected chi connectivity index (χ0v) is 10.7. The van der Waals surface area contributed by atoms with Crippen molar-refractivity contribution in [2.24, 2.45) is 7.05 Å². The Hall–Kier alpha value is -1.99. The quantitative estimate of drug-likeness (QED) is 0.731. The van der Waals surface area contributed by atoms with E-state index < -0.39 is 18.3 Å². The lowest BCUT2D eigenvalue weighted by Crippen LogP contribution is -2.40. The summed E-state index contributed by atoms with van der Waals surface area (Å²) >= 11 is 0. The number of alkyl halides is 1. The van der Waals surface area contributed by atoms with Crippen molar-refractivity contribution in [3.63, 3.8) is 0 Å². The van der Waals surface area contributed by atoms with E-state index >= 15 is 0 Å². The van der Waals surface area contributed by atoms with E-state index in [-0.39, 0.29) is 6.42 Å². The number of nitrogens with two attached hydrogens (primary N) is 1. The molecule has 0 aliphatic carbocycles. The van der Waals surface area contributed by atoms with Crippen molar-refractivity contribution in [1.29, 1.82) is 0 Å². The lowest BCUT2D eigenvalue weighted by molar-refractivity contribution is 0.174. The number of halogens is 1. The van der Waals surface area contributed by atoms with Crippen LogP contribution in [0.1, 0.15) is 12.8 Å². The van der Waals surface area contributed by atoms with Gasteiger partial charge in [0.2, 0.25) is 0 Å². The van der Waals surface area contributed by atoms with E-state index in [1.165, 1.54) is 0 Å². The third kappa shape index (κ3) is 2.88. The summed E-state index contributed by atoms with van der Waals surface area (Å²) in [5.41, 5.74) is 6.39. The molecule has 1 aliphatic rings. The van der Waals surface area contributed by atoms with Gasteiger partial charge in [0.25, 0.3) is 0 Å². The van der Waals surface area contributed by atoms with Gasteiger partial charge in [0.1, 0.15) is 12.0 Å². The summed E-state index contributed by atoms with van der Waals surface area (Å²) in [6, 6.07) is -0.669. The van der Waals surface area contributed by atoms with Gasteiger partial charge in [-0.2, -0.15) is 5.10 Å². The first-order valence-corrected chi connectivity index (χ1v) is 6.15. The van der Waals surface area contributed by atoms with Gasteiger partial charge in [0.15, 0.2) is 0 Å². The Balaban J connectivity index is 2.09. The van der Waals surface area contributed by atoms with Crippen LogP contribution in [0.2, 0.25) is 0 Å². The summed E-state index contributed by atoms with van der Waals surface area (Å²) in [5.74, 6) is 0.753. The molecule has 1 amide bonds. The van der Waals surface area contributed by atoms with Crippen molar-refractivity contribution in [1.82, 2.24) is 15.1 Å². The van der Waals surface area contributed by atoms with E-state index in [0.29, 0.717) is 25.2 Å². The zero-order chi connectivity index (χ0) is 14.0. The fourth-order valence-corrected chi connectivity index (χ4v) is 2.44. The number of hydrogen-bond acceptors (Lipinski definition) is 4. The molecule has 1 aromatic heterocycles. The standard InChI is InChI=1S/C11H18FN5O2/c1-16-10(8(13)6-14-16)17-4-2-7(12)9(3-5-17)15-11(18)19/h6-7,9,15H,2-5,13H2,1H3,(H,18,19). The van der Waals surface area contributed by atoms with Crippen LogP contribution in [0, 0.1) is 0 Å². The highest BCUT2D eigenvalue weighted by Gasteiger charge is 2.29. The second-order valence-corrected chi connectivity index (χ2v) is 4.68.